The topological polar surface area (TPSA) is 42.7 Å². The maximum atomic E-state index is 4.82. The van der Waals surface area contributed by atoms with E-state index in [4.69, 9.17) is 4.98 Å². The highest BCUT2D eigenvalue weighted by molar-refractivity contribution is 7.12. The van der Waals surface area contributed by atoms with Crippen LogP contribution in [0.2, 0.25) is 0 Å². The van der Waals surface area contributed by atoms with Crippen LogP contribution in [-0.2, 0) is 0 Å². The third-order valence-electron chi connectivity index (χ3n) is 3.59. The van der Waals surface area contributed by atoms with E-state index in [1.807, 2.05) is 18.3 Å². The summed E-state index contributed by atoms with van der Waals surface area (Å²) < 4.78 is 2.22. The van der Waals surface area contributed by atoms with Crippen LogP contribution in [-0.4, -0.2) is 27.6 Å². The molecule has 96 valence electrons. The van der Waals surface area contributed by atoms with E-state index in [0.29, 0.717) is 5.92 Å². The molecule has 1 N–H and O–H groups in total. The van der Waals surface area contributed by atoms with Gasteiger partial charge < -0.3 is 5.32 Å². The Labute approximate surface area is 115 Å². The van der Waals surface area contributed by atoms with Crippen molar-refractivity contribution in [1.82, 2.24) is 19.9 Å². The van der Waals surface area contributed by atoms with Crippen LogP contribution < -0.4 is 5.32 Å². The molecule has 1 unspecified atom stereocenters. The average molecular weight is 270 g/mol. The number of fused-ring (bicyclic) bond motifs is 1. The first-order chi connectivity index (χ1) is 9.43. The molecule has 1 saturated heterocycles. The van der Waals surface area contributed by atoms with E-state index >= 15 is 0 Å². The van der Waals surface area contributed by atoms with Gasteiger partial charge in [0.1, 0.15) is 16.3 Å². The predicted molar refractivity (Wildman–Crippen MR) is 77.0 cm³/mol. The first-order valence-corrected chi connectivity index (χ1v) is 7.39. The fourth-order valence-electron chi connectivity index (χ4n) is 2.69. The standard InChI is InChI=1S/C14H14N4S/c1-3-11-14(16-6-1)18(12-4-2-8-19-12)13(17-11)10-5-7-15-9-10/h1-4,6,8,10,15H,5,7,9H2. The van der Waals surface area contributed by atoms with Gasteiger partial charge >= 0.3 is 0 Å². The lowest BCUT2D eigenvalue weighted by Gasteiger charge is -2.10. The van der Waals surface area contributed by atoms with Crippen molar-refractivity contribution in [3.05, 3.63) is 41.7 Å². The fourth-order valence-corrected chi connectivity index (χ4v) is 3.43. The minimum absolute atomic E-state index is 0.483. The molecule has 19 heavy (non-hydrogen) atoms. The van der Waals surface area contributed by atoms with Crippen molar-refractivity contribution in [2.45, 2.75) is 12.3 Å². The number of hydrogen-bond donors (Lipinski definition) is 1. The van der Waals surface area contributed by atoms with E-state index in [-0.39, 0.29) is 0 Å². The van der Waals surface area contributed by atoms with E-state index in [1.165, 1.54) is 5.00 Å². The van der Waals surface area contributed by atoms with E-state index < -0.39 is 0 Å². The van der Waals surface area contributed by atoms with Gasteiger partial charge in [0, 0.05) is 18.7 Å². The predicted octanol–water partition coefficient (Wildman–Crippen LogP) is 2.56. The number of nitrogens with one attached hydrogen (secondary N) is 1. The van der Waals surface area contributed by atoms with Gasteiger partial charge in [0.05, 0.1) is 0 Å². The zero-order valence-corrected chi connectivity index (χ0v) is 11.2. The first-order valence-electron chi connectivity index (χ1n) is 6.51. The minimum Gasteiger partial charge on any atom is -0.316 e. The van der Waals surface area contributed by atoms with Crippen molar-refractivity contribution in [2.75, 3.05) is 13.1 Å². The quantitative estimate of drug-likeness (QED) is 0.778. The van der Waals surface area contributed by atoms with Crippen LogP contribution in [0.4, 0.5) is 0 Å². The molecule has 4 heterocycles. The number of aromatic nitrogens is 3. The molecule has 4 rings (SSSR count). The lowest BCUT2D eigenvalue weighted by molar-refractivity contribution is 0.693. The maximum absolute atomic E-state index is 4.82. The Morgan fingerprint density at radius 3 is 3.11 bits per heavy atom. The number of hydrogen-bond acceptors (Lipinski definition) is 4. The van der Waals surface area contributed by atoms with E-state index in [0.717, 1.165) is 36.5 Å². The minimum atomic E-state index is 0.483. The molecule has 0 radical (unpaired) electrons. The molecular weight excluding hydrogens is 256 g/mol. The van der Waals surface area contributed by atoms with Crippen molar-refractivity contribution < 1.29 is 0 Å². The lowest BCUT2D eigenvalue weighted by Crippen LogP contribution is -2.11. The summed E-state index contributed by atoms with van der Waals surface area (Å²) in [6.07, 6.45) is 2.99. The van der Waals surface area contributed by atoms with Crippen LogP contribution in [0, 0.1) is 0 Å². The van der Waals surface area contributed by atoms with Crippen molar-refractivity contribution in [3.8, 4) is 5.00 Å². The molecule has 1 fully saturated rings. The normalized spacial score (nSPS) is 19.3. The van der Waals surface area contributed by atoms with Crippen molar-refractivity contribution in [3.63, 3.8) is 0 Å². The summed E-state index contributed by atoms with van der Waals surface area (Å²) in [4.78, 5) is 9.33. The summed E-state index contributed by atoms with van der Waals surface area (Å²) in [5.74, 6) is 1.62. The number of pyridine rings is 1. The monoisotopic (exact) mass is 270 g/mol. The molecule has 0 aliphatic carbocycles. The van der Waals surface area contributed by atoms with Crippen LogP contribution in [0.25, 0.3) is 16.2 Å². The summed E-state index contributed by atoms with van der Waals surface area (Å²) >= 11 is 1.73. The van der Waals surface area contributed by atoms with E-state index in [9.17, 15) is 0 Å². The summed E-state index contributed by atoms with van der Waals surface area (Å²) in [6, 6.07) is 8.20. The Bertz CT molecular complexity index is 695. The van der Waals surface area contributed by atoms with Crippen LogP contribution in [0.3, 0.4) is 0 Å². The third kappa shape index (κ3) is 1.77. The second kappa shape index (κ2) is 4.43. The van der Waals surface area contributed by atoms with Crippen LogP contribution in [0.5, 0.6) is 0 Å². The summed E-state index contributed by atoms with van der Waals surface area (Å²) in [7, 11) is 0. The molecule has 4 nitrogen and oxygen atoms in total. The van der Waals surface area contributed by atoms with Crippen molar-refractivity contribution in [1.29, 1.82) is 0 Å². The van der Waals surface area contributed by atoms with Gasteiger partial charge in [-0.3, -0.25) is 4.57 Å². The van der Waals surface area contributed by atoms with Gasteiger partial charge in [-0.25, -0.2) is 9.97 Å². The smallest absolute Gasteiger partial charge is 0.165 e. The van der Waals surface area contributed by atoms with E-state index in [2.05, 4.69) is 32.4 Å². The number of nitrogens with zero attached hydrogens (tertiary/aromatic N) is 3. The largest absolute Gasteiger partial charge is 0.316 e. The Balaban J connectivity index is 1.98. The van der Waals surface area contributed by atoms with Crippen LogP contribution in [0.15, 0.2) is 35.8 Å². The summed E-state index contributed by atoms with van der Waals surface area (Å²) in [5, 5.41) is 6.71. The molecule has 0 saturated carbocycles. The number of thiophene rings is 1. The highest BCUT2D eigenvalue weighted by Gasteiger charge is 2.24. The second-order valence-corrected chi connectivity index (χ2v) is 5.72. The van der Waals surface area contributed by atoms with Gasteiger partial charge in [0.15, 0.2) is 5.65 Å². The highest BCUT2D eigenvalue weighted by atomic mass is 32.1. The summed E-state index contributed by atoms with van der Waals surface area (Å²) in [6.45, 7) is 2.08. The zero-order valence-electron chi connectivity index (χ0n) is 10.4. The Kier molecular flexibility index (Phi) is 2.60. The van der Waals surface area contributed by atoms with E-state index in [1.54, 1.807) is 11.3 Å². The third-order valence-corrected chi connectivity index (χ3v) is 4.45. The van der Waals surface area contributed by atoms with Crippen LogP contribution in [0.1, 0.15) is 18.2 Å². The molecule has 5 heteroatoms. The Morgan fingerprint density at radius 1 is 1.32 bits per heavy atom. The van der Waals surface area contributed by atoms with Crippen LogP contribution >= 0.6 is 11.3 Å². The summed E-state index contributed by atoms with van der Waals surface area (Å²) in [5.41, 5.74) is 1.95. The van der Waals surface area contributed by atoms with Crippen molar-refractivity contribution in [2.24, 2.45) is 0 Å². The second-order valence-electron chi connectivity index (χ2n) is 4.79. The number of rotatable bonds is 2. The van der Waals surface area contributed by atoms with Crippen molar-refractivity contribution >= 4 is 22.5 Å². The molecule has 3 aromatic rings. The van der Waals surface area contributed by atoms with Gasteiger partial charge in [0.2, 0.25) is 0 Å². The molecular formula is C14H14N4S. The van der Waals surface area contributed by atoms with Gasteiger partial charge in [-0.1, -0.05) is 0 Å². The molecule has 0 amide bonds. The molecule has 1 atom stereocenters. The Morgan fingerprint density at radius 2 is 2.32 bits per heavy atom. The molecule has 0 aromatic carbocycles. The average Bonchev–Trinajstić information content (AvgIpc) is 3.17. The maximum Gasteiger partial charge on any atom is 0.165 e. The molecule has 1 aliphatic rings. The Hall–Kier alpha value is -1.72. The lowest BCUT2D eigenvalue weighted by atomic mass is 10.1. The zero-order chi connectivity index (χ0) is 12.7. The number of imidazole rings is 1. The van der Waals surface area contributed by atoms with Gasteiger partial charge in [-0.15, -0.1) is 11.3 Å². The SMILES string of the molecule is c1csc(-n2c(C3CCNC3)nc3cccnc32)c1. The highest BCUT2D eigenvalue weighted by Crippen LogP contribution is 2.29. The molecule has 1 aliphatic heterocycles. The fraction of sp³-hybridized carbons (Fsp3) is 0.286. The van der Waals surface area contributed by atoms with Gasteiger partial charge in [0.25, 0.3) is 0 Å². The molecule has 3 aromatic heterocycles. The molecule has 0 bridgehead atoms. The molecule has 0 spiro atoms. The first kappa shape index (κ1) is 11.1. The van der Waals surface area contributed by atoms with Gasteiger partial charge in [-0.05, 0) is 42.6 Å². The van der Waals surface area contributed by atoms with Gasteiger partial charge in [-0.2, -0.15) is 0 Å².